The number of hydrogen-bond acceptors (Lipinski definition) is 3. The number of amides is 1. The van der Waals surface area contributed by atoms with E-state index in [-0.39, 0.29) is 11.1 Å². The quantitative estimate of drug-likeness (QED) is 0.674. The monoisotopic (exact) mass is 376 g/mol. The Morgan fingerprint density at radius 1 is 1.23 bits per heavy atom. The lowest BCUT2D eigenvalue weighted by molar-refractivity contribution is 0.102. The van der Waals surface area contributed by atoms with E-state index in [0.29, 0.717) is 11.4 Å². The van der Waals surface area contributed by atoms with Gasteiger partial charge in [-0.1, -0.05) is 39.7 Å². The highest BCUT2D eigenvalue weighted by Gasteiger charge is 2.12. The summed E-state index contributed by atoms with van der Waals surface area (Å²) in [6.45, 7) is 0. The van der Waals surface area contributed by atoms with E-state index < -0.39 is 0 Å². The number of hydrogen-bond donors (Lipinski definition) is 2. The van der Waals surface area contributed by atoms with Crippen molar-refractivity contribution in [3.8, 4) is 11.3 Å². The van der Waals surface area contributed by atoms with Crippen molar-refractivity contribution in [2.75, 3.05) is 5.32 Å². The van der Waals surface area contributed by atoms with Gasteiger partial charge >= 0.3 is 0 Å². The van der Waals surface area contributed by atoms with Gasteiger partial charge in [-0.05, 0) is 29.8 Å². The average molecular weight is 378 g/mol. The standard InChI is InChI=1S/C15H10BrClN4O/c16-10-5-3-9(4-6-10)12-8-13(21-20-12)19-15(22)11-2-1-7-18-14(11)17/h1-8H,(H2,19,20,21,22). The van der Waals surface area contributed by atoms with Gasteiger partial charge in [-0.15, -0.1) is 0 Å². The van der Waals surface area contributed by atoms with Gasteiger partial charge < -0.3 is 5.32 Å². The van der Waals surface area contributed by atoms with Gasteiger partial charge in [0.2, 0.25) is 0 Å². The molecule has 0 aliphatic carbocycles. The zero-order valence-electron chi connectivity index (χ0n) is 11.2. The van der Waals surface area contributed by atoms with Crippen LogP contribution in [0.3, 0.4) is 0 Å². The van der Waals surface area contributed by atoms with E-state index in [4.69, 9.17) is 11.6 Å². The first-order valence-corrected chi connectivity index (χ1v) is 7.54. The summed E-state index contributed by atoms with van der Waals surface area (Å²) in [6.07, 6.45) is 1.53. The van der Waals surface area contributed by atoms with E-state index in [9.17, 15) is 4.79 Å². The van der Waals surface area contributed by atoms with Gasteiger partial charge in [-0.2, -0.15) is 5.10 Å². The number of carbonyl (C=O) groups excluding carboxylic acids is 1. The molecule has 0 radical (unpaired) electrons. The Labute approximate surface area is 139 Å². The van der Waals surface area contributed by atoms with Crippen LogP contribution in [0.5, 0.6) is 0 Å². The highest BCUT2D eigenvalue weighted by Crippen LogP contribution is 2.22. The van der Waals surface area contributed by atoms with Crippen LogP contribution in [0, 0.1) is 0 Å². The predicted octanol–water partition coefficient (Wildman–Crippen LogP) is 4.14. The number of aromatic nitrogens is 3. The molecule has 3 aromatic rings. The zero-order valence-corrected chi connectivity index (χ0v) is 13.5. The number of nitrogens with one attached hydrogen (secondary N) is 2. The molecule has 0 unspecified atom stereocenters. The second-order valence-corrected chi connectivity index (χ2v) is 5.74. The molecule has 0 aliphatic rings. The van der Waals surface area contributed by atoms with Crippen molar-refractivity contribution < 1.29 is 4.79 Å². The fourth-order valence-corrected chi connectivity index (χ4v) is 2.37. The summed E-state index contributed by atoms with van der Waals surface area (Å²) >= 11 is 9.28. The molecule has 110 valence electrons. The highest BCUT2D eigenvalue weighted by molar-refractivity contribution is 9.10. The summed E-state index contributed by atoms with van der Waals surface area (Å²) in [5.41, 5.74) is 2.08. The van der Waals surface area contributed by atoms with Crippen LogP contribution in [0.2, 0.25) is 5.15 Å². The Bertz CT molecular complexity index is 816. The van der Waals surface area contributed by atoms with Crippen molar-refractivity contribution in [2.24, 2.45) is 0 Å². The molecular formula is C15H10BrClN4O. The van der Waals surface area contributed by atoms with Crippen LogP contribution in [0.4, 0.5) is 5.82 Å². The predicted molar refractivity (Wildman–Crippen MR) is 88.9 cm³/mol. The van der Waals surface area contributed by atoms with E-state index in [1.165, 1.54) is 6.20 Å². The summed E-state index contributed by atoms with van der Waals surface area (Å²) in [6, 6.07) is 12.8. The smallest absolute Gasteiger partial charge is 0.259 e. The molecule has 2 heterocycles. The molecule has 7 heteroatoms. The SMILES string of the molecule is O=C(Nc1cc(-c2ccc(Br)cc2)[nH]n1)c1cccnc1Cl. The molecule has 0 saturated heterocycles. The minimum absolute atomic E-state index is 0.156. The minimum Gasteiger partial charge on any atom is -0.305 e. The van der Waals surface area contributed by atoms with E-state index in [2.05, 4.69) is 36.4 Å². The Hall–Kier alpha value is -2.18. The first-order chi connectivity index (χ1) is 10.6. The lowest BCUT2D eigenvalue weighted by Gasteiger charge is -2.02. The summed E-state index contributed by atoms with van der Waals surface area (Å²) in [5, 5.41) is 9.80. The lowest BCUT2D eigenvalue weighted by Crippen LogP contribution is -2.13. The van der Waals surface area contributed by atoms with Crippen molar-refractivity contribution in [3.63, 3.8) is 0 Å². The van der Waals surface area contributed by atoms with Crippen LogP contribution < -0.4 is 5.32 Å². The molecule has 0 saturated carbocycles. The fraction of sp³-hybridized carbons (Fsp3) is 0. The molecule has 1 amide bonds. The van der Waals surface area contributed by atoms with Crippen molar-refractivity contribution >= 4 is 39.3 Å². The number of benzene rings is 1. The molecular weight excluding hydrogens is 368 g/mol. The van der Waals surface area contributed by atoms with Gasteiger partial charge in [0.1, 0.15) is 5.15 Å². The largest absolute Gasteiger partial charge is 0.305 e. The number of pyridine rings is 1. The third kappa shape index (κ3) is 3.18. The molecule has 0 bridgehead atoms. The van der Waals surface area contributed by atoms with Crippen molar-refractivity contribution in [2.45, 2.75) is 0 Å². The number of carbonyl (C=O) groups is 1. The van der Waals surface area contributed by atoms with Gasteiger partial charge in [0.05, 0.1) is 11.3 Å². The molecule has 0 aliphatic heterocycles. The van der Waals surface area contributed by atoms with Crippen LogP contribution in [-0.4, -0.2) is 21.1 Å². The van der Waals surface area contributed by atoms with Gasteiger partial charge in [0.15, 0.2) is 5.82 Å². The van der Waals surface area contributed by atoms with Crippen LogP contribution in [0.15, 0.2) is 53.1 Å². The first kappa shape index (κ1) is 14.7. The number of rotatable bonds is 3. The number of anilines is 1. The number of halogens is 2. The van der Waals surface area contributed by atoms with E-state index in [1.807, 2.05) is 24.3 Å². The summed E-state index contributed by atoms with van der Waals surface area (Å²) in [7, 11) is 0. The molecule has 3 rings (SSSR count). The molecule has 22 heavy (non-hydrogen) atoms. The van der Waals surface area contributed by atoms with Gasteiger partial charge in [-0.3, -0.25) is 9.89 Å². The van der Waals surface area contributed by atoms with E-state index in [1.54, 1.807) is 18.2 Å². The van der Waals surface area contributed by atoms with Crippen molar-refractivity contribution in [1.29, 1.82) is 0 Å². The number of H-pyrrole nitrogens is 1. The van der Waals surface area contributed by atoms with Crippen LogP contribution in [0.1, 0.15) is 10.4 Å². The second kappa shape index (κ2) is 6.29. The average Bonchev–Trinajstić information content (AvgIpc) is 2.97. The number of aromatic amines is 1. The fourth-order valence-electron chi connectivity index (χ4n) is 1.90. The van der Waals surface area contributed by atoms with Crippen LogP contribution >= 0.6 is 27.5 Å². The minimum atomic E-state index is -0.355. The molecule has 0 atom stereocenters. The van der Waals surface area contributed by atoms with E-state index in [0.717, 1.165) is 15.7 Å². The molecule has 0 fully saturated rings. The maximum absolute atomic E-state index is 12.1. The Morgan fingerprint density at radius 3 is 2.73 bits per heavy atom. The highest BCUT2D eigenvalue weighted by atomic mass is 79.9. The summed E-state index contributed by atoms with van der Waals surface area (Å²) in [4.78, 5) is 16.0. The zero-order chi connectivity index (χ0) is 15.5. The third-order valence-corrected chi connectivity index (χ3v) is 3.81. The maximum Gasteiger partial charge on any atom is 0.259 e. The van der Waals surface area contributed by atoms with Gasteiger partial charge in [-0.25, -0.2) is 4.98 Å². The number of nitrogens with zero attached hydrogens (tertiary/aromatic N) is 2. The lowest BCUT2D eigenvalue weighted by atomic mass is 10.1. The summed E-state index contributed by atoms with van der Waals surface area (Å²) in [5.74, 6) is 0.0646. The third-order valence-electron chi connectivity index (χ3n) is 2.98. The van der Waals surface area contributed by atoms with Crippen molar-refractivity contribution in [1.82, 2.24) is 15.2 Å². The molecule has 2 N–H and O–H groups in total. The van der Waals surface area contributed by atoms with Crippen molar-refractivity contribution in [3.05, 3.63) is 63.9 Å². The van der Waals surface area contributed by atoms with Gasteiger partial charge in [0, 0.05) is 16.7 Å². The molecule has 2 aromatic heterocycles. The molecule has 1 aromatic carbocycles. The van der Waals surface area contributed by atoms with Gasteiger partial charge in [0.25, 0.3) is 5.91 Å². The maximum atomic E-state index is 12.1. The summed E-state index contributed by atoms with van der Waals surface area (Å²) < 4.78 is 0.996. The Kier molecular flexibility index (Phi) is 4.22. The Morgan fingerprint density at radius 2 is 2.00 bits per heavy atom. The normalized spacial score (nSPS) is 10.5. The molecule has 0 spiro atoms. The topological polar surface area (TPSA) is 70.7 Å². The van der Waals surface area contributed by atoms with Crippen LogP contribution in [-0.2, 0) is 0 Å². The van der Waals surface area contributed by atoms with Crippen LogP contribution in [0.25, 0.3) is 11.3 Å². The Balaban J connectivity index is 1.78. The first-order valence-electron chi connectivity index (χ1n) is 6.37. The van der Waals surface area contributed by atoms with E-state index >= 15 is 0 Å². The second-order valence-electron chi connectivity index (χ2n) is 4.47. The molecule has 5 nitrogen and oxygen atoms in total.